The zero-order valence-corrected chi connectivity index (χ0v) is 19.3. The van der Waals surface area contributed by atoms with Crippen molar-refractivity contribution in [3.05, 3.63) is 77.5 Å². The van der Waals surface area contributed by atoms with Gasteiger partial charge in [-0.2, -0.15) is 5.10 Å². The van der Waals surface area contributed by atoms with E-state index in [1.807, 2.05) is 5.32 Å². The summed E-state index contributed by atoms with van der Waals surface area (Å²) in [5.41, 5.74) is -0.975. The summed E-state index contributed by atoms with van der Waals surface area (Å²) >= 11 is 0. The van der Waals surface area contributed by atoms with E-state index in [1.165, 1.54) is 41.9 Å². The molecule has 0 aliphatic carbocycles. The summed E-state index contributed by atoms with van der Waals surface area (Å²) in [6, 6.07) is 8.57. The van der Waals surface area contributed by atoms with Crippen molar-refractivity contribution in [1.29, 1.82) is 0 Å². The maximum Gasteiger partial charge on any atom is 0.573 e. The van der Waals surface area contributed by atoms with Crippen LogP contribution in [0.15, 0.2) is 54.7 Å². The molecule has 0 fully saturated rings. The second-order valence-electron chi connectivity index (χ2n) is 8.01. The lowest BCUT2D eigenvalue weighted by atomic mass is 9.58. The van der Waals surface area contributed by atoms with E-state index in [1.54, 1.807) is 0 Å². The van der Waals surface area contributed by atoms with E-state index in [4.69, 9.17) is 15.7 Å². The minimum Gasteiger partial charge on any atom is -0.406 e. The summed E-state index contributed by atoms with van der Waals surface area (Å²) in [5, 5.41) is 6.19. The lowest BCUT2D eigenvalue weighted by Gasteiger charge is -2.29. The number of anilines is 1. The standard InChI is InChI=1S/C23H14B2F5N5O3/c1-11(36)31-18-10-35-19(32-18)8-7-17(34-35)13-3-2-4-14(20(13)27)21(37)33-22(24,25)15-9-12(5-6-16(15)26)38-23(28,29)30/h2-10H,1H3,(H,31,36)(H,33,37). The molecule has 38 heavy (non-hydrogen) atoms. The van der Waals surface area contributed by atoms with Crippen LogP contribution in [0.25, 0.3) is 16.9 Å². The van der Waals surface area contributed by atoms with Crippen molar-refractivity contribution < 1.29 is 36.3 Å². The fourth-order valence-electron chi connectivity index (χ4n) is 3.51. The monoisotopic (exact) mass is 525 g/mol. The van der Waals surface area contributed by atoms with Crippen molar-refractivity contribution in [3.8, 4) is 17.0 Å². The molecule has 2 aromatic heterocycles. The second kappa shape index (κ2) is 9.80. The summed E-state index contributed by atoms with van der Waals surface area (Å²) in [5.74, 6) is -4.34. The Hall–Kier alpha value is -4.42. The van der Waals surface area contributed by atoms with Crippen LogP contribution in [0.5, 0.6) is 5.75 Å². The van der Waals surface area contributed by atoms with Gasteiger partial charge in [-0.25, -0.2) is 18.3 Å². The van der Waals surface area contributed by atoms with Gasteiger partial charge in [-0.1, -0.05) is 6.07 Å². The van der Waals surface area contributed by atoms with Crippen molar-refractivity contribution in [1.82, 2.24) is 19.9 Å². The Kier molecular flexibility index (Phi) is 6.87. The Morgan fingerprint density at radius 2 is 1.79 bits per heavy atom. The topological polar surface area (TPSA) is 97.6 Å². The van der Waals surface area contributed by atoms with Gasteiger partial charge in [-0.05, 0) is 53.4 Å². The Morgan fingerprint density at radius 3 is 2.47 bits per heavy atom. The highest BCUT2D eigenvalue weighted by molar-refractivity contribution is 6.41. The average molecular weight is 525 g/mol. The number of fused-ring (bicyclic) bond motifs is 1. The van der Waals surface area contributed by atoms with Crippen LogP contribution in [0.3, 0.4) is 0 Å². The first-order valence-corrected chi connectivity index (χ1v) is 10.6. The molecule has 4 rings (SSSR count). The SMILES string of the molecule is [B]C([B])(NC(=O)c1cccc(-c2ccc3nc(NC(C)=O)cn3n2)c1F)c1cc(OC(F)(F)F)ccc1F. The fourth-order valence-corrected chi connectivity index (χ4v) is 3.51. The van der Waals surface area contributed by atoms with E-state index in [-0.39, 0.29) is 23.0 Å². The number of aromatic nitrogens is 3. The number of nitrogens with zero attached hydrogens (tertiary/aromatic N) is 3. The molecule has 0 bridgehead atoms. The summed E-state index contributed by atoms with van der Waals surface area (Å²) in [7, 11) is 11.6. The molecule has 0 unspecified atom stereocenters. The molecule has 0 aliphatic heterocycles. The lowest BCUT2D eigenvalue weighted by molar-refractivity contribution is -0.274. The number of carbonyl (C=O) groups excluding carboxylic acids is 2. The number of hydrogen-bond donors (Lipinski definition) is 2. The number of imidazole rings is 1. The minimum absolute atomic E-state index is 0.0891. The van der Waals surface area contributed by atoms with Gasteiger partial charge < -0.3 is 15.4 Å². The van der Waals surface area contributed by atoms with Gasteiger partial charge in [0.1, 0.15) is 17.4 Å². The number of nitrogens with one attached hydrogen (secondary N) is 2. The number of alkyl halides is 3. The van der Waals surface area contributed by atoms with E-state index >= 15 is 4.39 Å². The van der Waals surface area contributed by atoms with E-state index in [0.29, 0.717) is 23.8 Å². The molecule has 2 aromatic carbocycles. The van der Waals surface area contributed by atoms with E-state index < -0.39 is 46.1 Å². The number of carbonyl (C=O) groups is 2. The summed E-state index contributed by atoms with van der Waals surface area (Å²) < 4.78 is 72.4. The summed E-state index contributed by atoms with van der Waals surface area (Å²) in [4.78, 5) is 28.2. The fraction of sp³-hybridized carbons (Fsp3) is 0.130. The van der Waals surface area contributed by atoms with Crippen molar-refractivity contribution >= 4 is 39.0 Å². The van der Waals surface area contributed by atoms with Crippen LogP contribution in [0.1, 0.15) is 22.8 Å². The van der Waals surface area contributed by atoms with Crippen LogP contribution in [0.2, 0.25) is 0 Å². The molecule has 4 aromatic rings. The van der Waals surface area contributed by atoms with Crippen molar-refractivity contribution in [2.75, 3.05) is 5.32 Å². The predicted octanol–water partition coefficient (Wildman–Crippen LogP) is 3.41. The molecular weight excluding hydrogens is 511 g/mol. The smallest absolute Gasteiger partial charge is 0.406 e. The number of halogens is 5. The van der Waals surface area contributed by atoms with Crippen LogP contribution in [0.4, 0.5) is 27.8 Å². The second-order valence-corrected chi connectivity index (χ2v) is 8.01. The Balaban J connectivity index is 1.63. The van der Waals surface area contributed by atoms with Crippen LogP contribution in [-0.2, 0) is 10.1 Å². The molecule has 0 aliphatic rings. The molecule has 190 valence electrons. The van der Waals surface area contributed by atoms with Crippen molar-refractivity contribution in [3.63, 3.8) is 0 Å². The van der Waals surface area contributed by atoms with Gasteiger partial charge in [-0.15, -0.1) is 13.2 Å². The van der Waals surface area contributed by atoms with Gasteiger partial charge >= 0.3 is 6.36 Å². The predicted molar refractivity (Wildman–Crippen MR) is 126 cm³/mol. The van der Waals surface area contributed by atoms with Gasteiger partial charge in [0, 0.05) is 12.5 Å². The van der Waals surface area contributed by atoms with Crippen molar-refractivity contribution in [2.24, 2.45) is 0 Å². The van der Waals surface area contributed by atoms with Crippen molar-refractivity contribution in [2.45, 2.75) is 18.6 Å². The molecule has 0 saturated heterocycles. The maximum absolute atomic E-state index is 15.4. The molecule has 2 heterocycles. The summed E-state index contributed by atoms with van der Waals surface area (Å²) in [6.07, 6.45) is -3.68. The van der Waals surface area contributed by atoms with Crippen LogP contribution >= 0.6 is 0 Å². The first-order chi connectivity index (χ1) is 17.7. The minimum atomic E-state index is -5.08. The largest absolute Gasteiger partial charge is 0.573 e. The zero-order chi connectivity index (χ0) is 27.8. The van der Waals surface area contributed by atoms with Crippen LogP contribution < -0.4 is 15.4 Å². The van der Waals surface area contributed by atoms with Gasteiger partial charge in [0.25, 0.3) is 5.91 Å². The molecule has 15 heteroatoms. The normalized spacial score (nSPS) is 11.8. The van der Waals surface area contributed by atoms with E-state index in [9.17, 15) is 27.2 Å². The number of amides is 2. The van der Waals surface area contributed by atoms with Gasteiger partial charge in [0.2, 0.25) is 5.91 Å². The Morgan fingerprint density at radius 1 is 1.05 bits per heavy atom. The van der Waals surface area contributed by atoms with Crippen LogP contribution in [-0.4, -0.2) is 48.5 Å². The number of ether oxygens (including phenoxy) is 1. The number of rotatable bonds is 6. The Labute approximate surface area is 214 Å². The van der Waals surface area contributed by atoms with Gasteiger partial charge in [0.15, 0.2) is 11.5 Å². The molecule has 8 nitrogen and oxygen atoms in total. The molecule has 0 spiro atoms. The molecular formula is C23H14B2F5N5O3. The highest BCUT2D eigenvalue weighted by atomic mass is 19.4. The van der Waals surface area contributed by atoms with E-state index in [2.05, 4.69) is 20.1 Å². The number of benzene rings is 2. The third-order valence-corrected chi connectivity index (χ3v) is 5.08. The molecule has 4 radical (unpaired) electrons. The Bertz CT molecular complexity index is 1560. The van der Waals surface area contributed by atoms with Gasteiger partial charge in [-0.3, -0.25) is 9.59 Å². The summed E-state index contributed by atoms with van der Waals surface area (Å²) in [6.45, 7) is 1.30. The lowest BCUT2D eigenvalue weighted by Crippen LogP contribution is -2.47. The van der Waals surface area contributed by atoms with Gasteiger partial charge in [0.05, 0.1) is 33.1 Å². The highest BCUT2D eigenvalue weighted by Crippen LogP contribution is 2.29. The zero-order valence-electron chi connectivity index (χ0n) is 19.3. The maximum atomic E-state index is 15.4. The van der Waals surface area contributed by atoms with Crippen LogP contribution in [0, 0.1) is 11.6 Å². The van der Waals surface area contributed by atoms with E-state index in [0.717, 1.165) is 6.07 Å². The average Bonchev–Trinajstić information content (AvgIpc) is 3.19. The first-order valence-electron chi connectivity index (χ1n) is 10.6. The molecule has 2 amide bonds. The molecule has 0 atom stereocenters. The third-order valence-electron chi connectivity index (χ3n) is 5.08. The quantitative estimate of drug-likeness (QED) is 0.297. The molecule has 2 N–H and O–H groups in total. The number of hydrogen-bond acceptors (Lipinski definition) is 5. The third kappa shape index (κ3) is 5.76. The highest BCUT2D eigenvalue weighted by Gasteiger charge is 2.33. The molecule has 0 saturated carbocycles. The first kappa shape index (κ1) is 26.6.